The first-order valence-corrected chi connectivity index (χ1v) is 11.4. The minimum atomic E-state index is -3.87. The Balaban J connectivity index is 1.90. The van der Waals surface area contributed by atoms with Crippen molar-refractivity contribution >= 4 is 50.0 Å². The van der Waals surface area contributed by atoms with Crippen LogP contribution in [0.3, 0.4) is 0 Å². The third-order valence-corrected chi connectivity index (χ3v) is 5.46. The molecule has 1 amide bonds. The molecule has 2 aromatic heterocycles. The molecular formula is C20H13Cl2FN4O3S. The number of amides is 1. The van der Waals surface area contributed by atoms with Crippen LogP contribution in [-0.4, -0.2) is 35.3 Å². The molecule has 31 heavy (non-hydrogen) atoms. The molecule has 4 rings (SSSR count). The molecule has 2 heterocycles. The minimum absolute atomic E-state index is 0.00265. The summed E-state index contributed by atoms with van der Waals surface area (Å²) < 4.78 is 40.5. The van der Waals surface area contributed by atoms with Crippen molar-refractivity contribution in [1.82, 2.24) is 19.5 Å². The van der Waals surface area contributed by atoms with Crippen molar-refractivity contribution in [3.63, 3.8) is 0 Å². The Morgan fingerprint density at radius 1 is 1.16 bits per heavy atom. The number of sulfonamides is 1. The number of aromatic nitrogens is 3. The Kier molecular flexibility index (Phi) is 5.42. The maximum Gasteiger partial charge on any atom is 0.267 e. The van der Waals surface area contributed by atoms with Crippen LogP contribution < -0.4 is 4.72 Å². The molecule has 0 unspecified atom stereocenters. The summed E-state index contributed by atoms with van der Waals surface area (Å²) >= 11 is 12.5. The lowest BCUT2D eigenvalue weighted by Crippen LogP contribution is -2.30. The molecule has 7 nitrogen and oxygen atoms in total. The van der Waals surface area contributed by atoms with E-state index in [1.165, 1.54) is 4.68 Å². The van der Waals surface area contributed by atoms with E-state index in [4.69, 9.17) is 23.2 Å². The first-order valence-electron chi connectivity index (χ1n) is 8.74. The highest BCUT2D eigenvalue weighted by molar-refractivity contribution is 7.89. The summed E-state index contributed by atoms with van der Waals surface area (Å²) in [6.45, 7) is 0. The van der Waals surface area contributed by atoms with E-state index < -0.39 is 27.3 Å². The first-order chi connectivity index (χ1) is 14.6. The molecular weight excluding hydrogens is 466 g/mol. The molecule has 0 atom stereocenters. The van der Waals surface area contributed by atoms with Crippen LogP contribution in [0, 0.1) is 5.82 Å². The Hall–Kier alpha value is -3.01. The summed E-state index contributed by atoms with van der Waals surface area (Å²) in [4.78, 5) is 16.2. The van der Waals surface area contributed by atoms with Gasteiger partial charge in [0.15, 0.2) is 0 Å². The van der Waals surface area contributed by atoms with Crippen molar-refractivity contribution in [2.45, 2.75) is 0 Å². The molecule has 2 aromatic carbocycles. The van der Waals surface area contributed by atoms with Crippen LogP contribution in [-0.2, 0) is 10.0 Å². The van der Waals surface area contributed by atoms with E-state index in [2.05, 4.69) is 10.1 Å². The maximum atomic E-state index is 14.7. The van der Waals surface area contributed by atoms with Gasteiger partial charge in [-0.05, 0) is 36.4 Å². The van der Waals surface area contributed by atoms with Gasteiger partial charge in [-0.25, -0.2) is 22.2 Å². The third kappa shape index (κ3) is 4.25. The monoisotopic (exact) mass is 478 g/mol. The van der Waals surface area contributed by atoms with Crippen molar-refractivity contribution in [3.8, 4) is 16.9 Å². The molecule has 158 valence electrons. The molecule has 0 saturated heterocycles. The second kappa shape index (κ2) is 7.92. The number of nitrogens with one attached hydrogen (secondary N) is 1. The fourth-order valence-electron chi connectivity index (χ4n) is 3.09. The largest absolute Gasteiger partial charge is 0.268 e. The molecule has 0 aliphatic rings. The van der Waals surface area contributed by atoms with E-state index in [9.17, 15) is 17.6 Å². The fraction of sp³-hybridized carbons (Fsp3) is 0.0500. The number of hydrogen-bond acceptors (Lipinski definition) is 5. The predicted molar refractivity (Wildman–Crippen MR) is 117 cm³/mol. The molecule has 11 heteroatoms. The van der Waals surface area contributed by atoms with Gasteiger partial charge >= 0.3 is 0 Å². The normalized spacial score (nSPS) is 11.6. The summed E-state index contributed by atoms with van der Waals surface area (Å²) in [7, 11) is -3.87. The lowest BCUT2D eigenvalue weighted by Gasteiger charge is -2.10. The molecule has 4 aromatic rings. The van der Waals surface area contributed by atoms with Crippen LogP contribution in [0.25, 0.3) is 27.8 Å². The highest BCUT2D eigenvalue weighted by Crippen LogP contribution is 2.34. The Morgan fingerprint density at radius 3 is 2.61 bits per heavy atom. The summed E-state index contributed by atoms with van der Waals surface area (Å²) in [5, 5.41) is 5.75. The van der Waals surface area contributed by atoms with Gasteiger partial charge < -0.3 is 0 Å². The molecule has 0 aliphatic heterocycles. The van der Waals surface area contributed by atoms with Gasteiger partial charge in [-0.1, -0.05) is 23.2 Å². The van der Waals surface area contributed by atoms with E-state index in [0.29, 0.717) is 27.2 Å². The van der Waals surface area contributed by atoms with Crippen molar-refractivity contribution in [2.24, 2.45) is 0 Å². The van der Waals surface area contributed by atoms with E-state index >= 15 is 0 Å². The zero-order valence-electron chi connectivity index (χ0n) is 15.8. The number of rotatable bonds is 4. The zero-order valence-corrected chi connectivity index (χ0v) is 18.1. The zero-order chi connectivity index (χ0) is 22.3. The predicted octanol–water partition coefficient (Wildman–Crippen LogP) is 4.22. The molecule has 0 fully saturated rings. The van der Waals surface area contributed by atoms with Gasteiger partial charge in [0.2, 0.25) is 10.0 Å². The smallest absolute Gasteiger partial charge is 0.267 e. The second-order valence-corrected chi connectivity index (χ2v) is 9.24. The molecule has 0 radical (unpaired) electrons. The number of fused-ring (bicyclic) bond motifs is 1. The highest BCUT2D eigenvalue weighted by Gasteiger charge is 2.21. The Labute approximate surface area is 186 Å². The third-order valence-electron chi connectivity index (χ3n) is 4.36. The molecule has 0 saturated carbocycles. The van der Waals surface area contributed by atoms with Crippen molar-refractivity contribution < 1.29 is 17.6 Å². The molecule has 1 N–H and O–H groups in total. The van der Waals surface area contributed by atoms with Crippen LogP contribution in [0.1, 0.15) is 10.4 Å². The standard InChI is InChI=1S/C20H13Cl2FN4O3S/c1-31(29,30)26-20(28)13-8-15(22)18(9-16(13)23)27-17-5-4-12(21)7-14(17)19(25-27)11-3-2-6-24-10-11/h2-10H,1H3,(H,26,28). The van der Waals surface area contributed by atoms with Gasteiger partial charge in [0, 0.05) is 34.4 Å². The average molecular weight is 479 g/mol. The average Bonchev–Trinajstić information content (AvgIpc) is 3.07. The van der Waals surface area contributed by atoms with Crippen molar-refractivity contribution in [2.75, 3.05) is 6.26 Å². The van der Waals surface area contributed by atoms with Crippen LogP contribution in [0.4, 0.5) is 4.39 Å². The number of halogens is 3. The van der Waals surface area contributed by atoms with Crippen LogP contribution in [0.2, 0.25) is 10.0 Å². The Bertz CT molecular complexity index is 1440. The number of hydrogen-bond donors (Lipinski definition) is 1. The van der Waals surface area contributed by atoms with Crippen molar-refractivity contribution in [3.05, 3.63) is 76.3 Å². The molecule has 0 bridgehead atoms. The van der Waals surface area contributed by atoms with E-state index in [1.54, 1.807) is 41.4 Å². The molecule has 0 aliphatic carbocycles. The van der Waals surface area contributed by atoms with Crippen LogP contribution >= 0.6 is 23.2 Å². The van der Waals surface area contributed by atoms with Gasteiger partial charge in [-0.15, -0.1) is 0 Å². The van der Waals surface area contributed by atoms with E-state index in [1.807, 2.05) is 6.07 Å². The lowest BCUT2D eigenvalue weighted by molar-refractivity contribution is 0.0978. The maximum absolute atomic E-state index is 14.7. The van der Waals surface area contributed by atoms with Gasteiger partial charge in [-0.2, -0.15) is 5.10 Å². The fourth-order valence-corrected chi connectivity index (χ4v) is 3.95. The number of nitrogens with zero attached hydrogens (tertiary/aromatic N) is 3. The summed E-state index contributed by atoms with van der Waals surface area (Å²) in [5.41, 5.74) is 1.52. The van der Waals surface area contributed by atoms with E-state index in [0.717, 1.165) is 18.4 Å². The van der Waals surface area contributed by atoms with Gasteiger partial charge in [-0.3, -0.25) is 9.78 Å². The van der Waals surface area contributed by atoms with Crippen LogP contribution in [0.5, 0.6) is 0 Å². The van der Waals surface area contributed by atoms with E-state index in [-0.39, 0.29) is 10.7 Å². The number of carbonyl (C=O) groups excluding carboxylic acids is 1. The SMILES string of the molecule is CS(=O)(=O)NC(=O)c1cc(Cl)c(-n2nc(-c3cccnc3)c3cc(Cl)ccc32)cc1F. The second-order valence-electron chi connectivity index (χ2n) is 6.65. The highest BCUT2D eigenvalue weighted by atomic mass is 35.5. The molecule has 0 spiro atoms. The quantitative estimate of drug-likeness (QED) is 0.473. The first kappa shape index (κ1) is 21.2. The number of benzene rings is 2. The number of carbonyl (C=O) groups is 1. The summed E-state index contributed by atoms with van der Waals surface area (Å²) in [5.74, 6) is -2.08. The minimum Gasteiger partial charge on any atom is -0.268 e. The topological polar surface area (TPSA) is 94.0 Å². The van der Waals surface area contributed by atoms with Gasteiger partial charge in [0.1, 0.15) is 11.5 Å². The van der Waals surface area contributed by atoms with Gasteiger partial charge in [0.05, 0.1) is 28.0 Å². The van der Waals surface area contributed by atoms with Gasteiger partial charge in [0.25, 0.3) is 5.91 Å². The summed E-state index contributed by atoms with van der Waals surface area (Å²) in [6, 6.07) is 10.7. The number of pyridine rings is 1. The summed E-state index contributed by atoms with van der Waals surface area (Å²) in [6.07, 6.45) is 4.05. The Morgan fingerprint density at radius 2 is 1.94 bits per heavy atom. The van der Waals surface area contributed by atoms with Crippen LogP contribution in [0.15, 0.2) is 54.9 Å². The van der Waals surface area contributed by atoms with Crippen molar-refractivity contribution in [1.29, 1.82) is 0 Å². The lowest BCUT2D eigenvalue weighted by atomic mass is 10.1.